The molecular weight excluding hydrogens is 347 g/mol. The van der Waals surface area contributed by atoms with Gasteiger partial charge in [0.05, 0.1) is 13.4 Å². The highest BCUT2D eigenvalue weighted by Crippen LogP contribution is 2.21. The number of aliphatic hydroxyl groups is 1. The van der Waals surface area contributed by atoms with E-state index >= 15 is 0 Å². The Labute approximate surface area is 159 Å². The minimum atomic E-state index is -0.249. The largest absolute Gasteiger partial charge is 0.497 e. The van der Waals surface area contributed by atoms with Crippen molar-refractivity contribution in [2.24, 2.45) is 0 Å². The van der Waals surface area contributed by atoms with Crippen molar-refractivity contribution in [2.45, 2.75) is 19.0 Å². The molecule has 3 rings (SSSR count). The molecule has 0 amide bonds. The highest BCUT2D eigenvalue weighted by Gasteiger charge is 2.26. The maximum Gasteiger partial charge on any atom is 0.131 e. The van der Waals surface area contributed by atoms with Crippen LogP contribution in [0.3, 0.4) is 0 Å². The summed E-state index contributed by atoms with van der Waals surface area (Å²) < 4.78 is 24.7. The van der Waals surface area contributed by atoms with Gasteiger partial charge in [-0.1, -0.05) is 12.1 Å². The molecular formula is C21H27FN2O3. The summed E-state index contributed by atoms with van der Waals surface area (Å²) in [6.07, 6.45) is 6.40. The van der Waals surface area contributed by atoms with E-state index in [1.165, 1.54) is 13.2 Å². The Morgan fingerprint density at radius 3 is 2.93 bits per heavy atom. The van der Waals surface area contributed by atoms with E-state index in [0.29, 0.717) is 24.3 Å². The number of aliphatic hydroxyl groups excluding tert-OH is 1. The van der Waals surface area contributed by atoms with Gasteiger partial charge in [-0.25, -0.2) is 4.39 Å². The number of rotatable bonds is 8. The lowest BCUT2D eigenvalue weighted by Crippen LogP contribution is -2.52. The zero-order valence-electron chi connectivity index (χ0n) is 15.7. The van der Waals surface area contributed by atoms with Crippen LogP contribution in [0.15, 0.2) is 47.1 Å². The van der Waals surface area contributed by atoms with E-state index in [9.17, 15) is 9.50 Å². The van der Waals surface area contributed by atoms with Crippen molar-refractivity contribution in [3.05, 3.63) is 59.8 Å². The van der Waals surface area contributed by atoms with Crippen LogP contribution in [0.25, 0.3) is 6.08 Å². The minimum absolute atomic E-state index is 0.127. The Morgan fingerprint density at radius 2 is 2.22 bits per heavy atom. The molecule has 5 nitrogen and oxygen atoms in total. The summed E-state index contributed by atoms with van der Waals surface area (Å²) in [6, 6.07) is 8.98. The van der Waals surface area contributed by atoms with Crippen LogP contribution in [0.2, 0.25) is 0 Å². The number of methoxy groups -OCH3 is 1. The van der Waals surface area contributed by atoms with E-state index in [0.717, 1.165) is 31.9 Å². The highest BCUT2D eigenvalue weighted by molar-refractivity contribution is 5.42. The van der Waals surface area contributed by atoms with E-state index < -0.39 is 0 Å². The number of hydrogen-bond donors (Lipinski definition) is 1. The third-order valence-corrected chi connectivity index (χ3v) is 4.97. The molecule has 6 heteroatoms. The molecule has 1 aliphatic rings. The van der Waals surface area contributed by atoms with Crippen molar-refractivity contribution in [1.29, 1.82) is 0 Å². The lowest BCUT2D eigenvalue weighted by Gasteiger charge is -2.41. The average molecular weight is 374 g/mol. The molecule has 1 aliphatic heterocycles. The number of nitrogens with zero attached hydrogens (tertiary/aromatic N) is 2. The van der Waals surface area contributed by atoms with E-state index in [1.807, 2.05) is 18.2 Å². The zero-order valence-corrected chi connectivity index (χ0v) is 15.7. The smallest absolute Gasteiger partial charge is 0.131 e. The summed E-state index contributed by atoms with van der Waals surface area (Å²) in [7, 11) is 1.53. The summed E-state index contributed by atoms with van der Waals surface area (Å²) in [5, 5.41) is 9.45. The Hall–Kier alpha value is -2.15. The van der Waals surface area contributed by atoms with Crippen LogP contribution in [-0.2, 0) is 6.54 Å². The molecule has 1 atom stereocenters. The molecule has 0 aliphatic carbocycles. The molecule has 1 fully saturated rings. The first-order valence-electron chi connectivity index (χ1n) is 9.29. The SMILES string of the molecule is COc1ccc(CN2CCN(C/C=C/c3ccco3)CC2CCO)c(F)c1. The molecule has 1 aromatic heterocycles. The van der Waals surface area contributed by atoms with Crippen molar-refractivity contribution in [1.82, 2.24) is 9.80 Å². The molecule has 2 heterocycles. The van der Waals surface area contributed by atoms with Crippen molar-refractivity contribution in [3.63, 3.8) is 0 Å². The van der Waals surface area contributed by atoms with Gasteiger partial charge < -0.3 is 14.3 Å². The van der Waals surface area contributed by atoms with Gasteiger partial charge in [0.1, 0.15) is 17.3 Å². The third kappa shape index (κ3) is 5.42. The van der Waals surface area contributed by atoms with Crippen LogP contribution >= 0.6 is 0 Å². The molecule has 2 aromatic rings. The standard InChI is InChI=1S/C21H27FN2O3/c1-26-20-7-6-17(21(22)14-20)15-24-11-10-23(16-18(24)8-12-25)9-2-4-19-5-3-13-27-19/h2-7,13-14,18,25H,8-12,15-16H2,1H3/b4-2+. The van der Waals surface area contributed by atoms with Gasteiger partial charge >= 0.3 is 0 Å². The second kappa shape index (κ2) is 9.69. The number of piperazine rings is 1. The van der Waals surface area contributed by atoms with Crippen molar-refractivity contribution >= 4 is 6.08 Å². The molecule has 1 aromatic carbocycles. The van der Waals surface area contributed by atoms with Crippen LogP contribution in [0, 0.1) is 5.82 Å². The Kier molecular flexibility index (Phi) is 7.04. The molecule has 0 bridgehead atoms. The van der Waals surface area contributed by atoms with E-state index in [2.05, 4.69) is 15.9 Å². The summed E-state index contributed by atoms with van der Waals surface area (Å²) >= 11 is 0. The van der Waals surface area contributed by atoms with Gasteiger partial charge in [0.15, 0.2) is 0 Å². The summed E-state index contributed by atoms with van der Waals surface area (Å²) in [6.45, 7) is 4.08. The van der Waals surface area contributed by atoms with Crippen molar-refractivity contribution in [2.75, 3.05) is 39.9 Å². The van der Waals surface area contributed by atoms with Crippen molar-refractivity contribution < 1.29 is 18.7 Å². The predicted molar refractivity (Wildman–Crippen MR) is 103 cm³/mol. The topological polar surface area (TPSA) is 49.1 Å². The maximum absolute atomic E-state index is 14.3. The van der Waals surface area contributed by atoms with Gasteiger partial charge in [-0.05, 0) is 30.7 Å². The zero-order chi connectivity index (χ0) is 19.1. The Balaban J connectivity index is 1.59. The normalized spacial score (nSPS) is 19.0. The second-order valence-electron chi connectivity index (χ2n) is 6.77. The number of halogens is 1. The number of hydrogen-bond acceptors (Lipinski definition) is 5. The number of ether oxygens (including phenoxy) is 1. The Morgan fingerprint density at radius 1 is 1.33 bits per heavy atom. The molecule has 0 spiro atoms. The van der Waals surface area contributed by atoms with Gasteiger partial charge in [0, 0.05) is 57.0 Å². The number of furan rings is 1. The third-order valence-electron chi connectivity index (χ3n) is 4.97. The van der Waals surface area contributed by atoms with Gasteiger partial charge in [-0.15, -0.1) is 0 Å². The van der Waals surface area contributed by atoms with E-state index in [-0.39, 0.29) is 18.5 Å². The minimum Gasteiger partial charge on any atom is -0.497 e. The fourth-order valence-electron chi connectivity index (χ4n) is 3.46. The van der Waals surface area contributed by atoms with Crippen LogP contribution in [0.4, 0.5) is 4.39 Å². The molecule has 1 saturated heterocycles. The summed E-state index contributed by atoms with van der Waals surface area (Å²) in [4.78, 5) is 4.61. The van der Waals surface area contributed by atoms with Crippen LogP contribution in [-0.4, -0.2) is 60.8 Å². The van der Waals surface area contributed by atoms with Crippen LogP contribution in [0.1, 0.15) is 17.7 Å². The van der Waals surface area contributed by atoms with Crippen LogP contribution < -0.4 is 4.74 Å². The quantitative estimate of drug-likeness (QED) is 0.770. The molecule has 0 radical (unpaired) electrons. The molecule has 1 N–H and O–H groups in total. The predicted octanol–water partition coefficient (Wildman–Crippen LogP) is 3.01. The van der Waals surface area contributed by atoms with Gasteiger partial charge in [0.2, 0.25) is 0 Å². The number of benzene rings is 1. The molecule has 27 heavy (non-hydrogen) atoms. The summed E-state index contributed by atoms with van der Waals surface area (Å²) in [5.74, 6) is 1.12. The second-order valence-corrected chi connectivity index (χ2v) is 6.77. The molecule has 146 valence electrons. The monoisotopic (exact) mass is 374 g/mol. The van der Waals surface area contributed by atoms with E-state index in [1.54, 1.807) is 18.4 Å². The first-order valence-corrected chi connectivity index (χ1v) is 9.29. The van der Waals surface area contributed by atoms with Crippen molar-refractivity contribution in [3.8, 4) is 5.75 Å². The fourth-order valence-corrected chi connectivity index (χ4v) is 3.46. The van der Waals surface area contributed by atoms with E-state index in [4.69, 9.17) is 9.15 Å². The fraction of sp³-hybridized carbons (Fsp3) is 0.429. The first-order chi connectivity index (χ1) is 13.2. The molecule has 0 saturated carbocycles. The first kappa shape index (κ1) is 19.6. The molecule has 1 unspecified atom stereocenters. The lowest BCUT2D eigenvalue weighted by atomic mass is 10.1. The summed E-state index contributed by atoms with van der Waals surface area (Å²) in [5.41, 5.74) is 0.657. The maximum atomic E-state index is 14.3. The average Bonchev–Trinajstić information content (AvgIpc) is 3.19. The lowest BCUT2D eigenvalue weighted by molar-refractivity contribution is 0.0589. The van der Waals surface area contributed by atoms with Gasteiger partial charge in [-0.3, -0.25) is 9.80 Å². The van der Waals surface area contributed by atoms with Gasteiger partial charge in [0.25, 0.3) is 0 Å². The highest BCUT2D eigenvalue weighted by atomic mass is 19.1. The van der Waals surface area contributed by atoms with Gasteiger partial charge in [-0.2, -0.15) is 0 Å². The van der Waals surface area contributed by atoms with Crippen LogP contribution in [0.5, 0.6) is 5.75 Å². The Bertz CT molecular complexity index is 733.